The molecule has 1 N–H and O–H groups in total. The van der Waals surface area contributed by atoms with Crippen molar-refractivity contribution in [2.24, 2.45) is 11.8 Å². The molecule has 2 heterocycles. The van der Waals surface area contributed by atoms with Crippen LogP contribution in [0.15, 0.2) is 24.3 Å². The van der Waals surface area contributed by atoms with E-state index in [4.69, 9.17) is 11.6 Å². The molecule has 0 amide bonds. The maximum absolute atomic E-state index is 6.28. The predicted octanol–water partition coefficient (Wildman–Crippen LogP) is 2.77. The highest BCUT2D eigenvalue weighted by molar-refractivity contribution is 6.31. The van der Waals surface area contributed by atoms with Crippen LogP contribution in [-0.4, -0.2) is 30.1 Å². The van der Waals surface area contributed by atoms with E-state index < -0.39 is 0 Å². The summed E-state index contributed by atoms with van der Waals surface area (Å²) in [4.78, 5) is 2.60. The van der Waals surface area contributed by atoms with E-state index in [-0.39, 0.29) is 5.54 Å². The summed E-state index contributed by atoms with van der Waals surface area (Å²) in [6, 6.07) is 8.21. The van der Waals surface area contributed by atoms with Gasteiger partial charge in [-0.1, -0.05) is 29.8 Å². The highest BCUT2D eigenvalue weighted by Crippen LogP contribution is 2.41. The van der Waals surface area contributed by atoms with Crippen molar-refractivity contribution in [1.82, 2.24) is 10.2 Å². The summed E-state index contributed by atoms with van der Waals surface area (Å²) >= 11 is 6.28. The predicted molar refractivity (Wildman–Crippen MR) is 75.8 cm³/mol. The number of nitrogens with one attached hydrogen (secondary N) is 1. The van der Waals surface area contributed by atoms with Gasteiger partial charge in [0.15, 0.2) is 0 Å². The Bertz CT molecular complexity index is 444. The summed E-state index contributed by atoms with van der Waals surface area (Å²) in [6.07, 6.45) is 0. The smallest absolute Gasteiger partial charge is 0.0451 e. The zero-order valence-electron chi connectivity index (χ0n) is 11.1. The standard InChI is InChI=1S/C15H21ClN2/c1-15(2)13-8-17-7-12(13)10-18(15)9-11-5-3-4-6-14(11)16/h3-6,12-13,17H,7-10H2,1-2H3. The second-order valence-corrected chi connectivity index (χ2v) is 6.56. The first-order valence-corrected chi connectivity index (χ1v) is 7.16. The largest absolute Gasteiger partial charge is 0.316 e. The summed E-state index contributed by atoms with van der Waals surface area (Å²) < 4.78 is 0. The minimum absolute atomic E-state index is 0.271. The molecule has 2 nitrogen and oxygen atoms in total. The third-order valence-corrected chi connectivity index (χ3v) is 5.20. The minimum Gasteiger partial charge on any atom is -0.316 e. The zero-order chi connectivity index (χ0) is 12.8. The SMILES string of the molecule is CC1(C)C2CNCC2CN1Cc1ccccc1Cl. The first kappa shape index (κ1) is 12.5. The molecule has 98 valence electrons. The van der Waals surface area contributed by atoms with E-state index in [0.717, 1.165) is 29.9 Å². The molecule has 3 heteroatoms. The Kier molecular flexibility index (Phi) is 3.13. The second-order valence-electron chi connectivity index (χ2n) is 6.15. The highest BCUT2D eigenvalue weighted by Gasteiger charge is 2.49. The summed E-state index contributed by atoms with van der Waals surface area (Å²) in [6.45, 7) is 9.25. The van der Waals surface area contributed by atoms with Crippen LogP contribution in [0.1, 0.15) is 19.4 Å². The van der Waals surface area contributed by atoms with E-state index in [0.29, 0.717) is 0 Å². The molecule has 0 aromatic heterocycles. The molecule has 2 aliphatic rings. The fourth-order valence-corrected chi connectivity index (χ4v) is 3.80. The normalized spacial score (nSPS) is 30.6. The molecule has 0 aliphatic carbocycles. The molecule has 0 radical (unpaired) electrons. The second kappa shape index (κ2) is 4.52. The molecule has 3 rings (SSSR count). The fourth-order valence-electron chi connectivity index (χ4n) is 3.60. The van der Waals surface area contributed by atoms with Crippen molar-refractivity contribution < 1.29 is 0 Å². The van der Waals surface area contributed by atoms with Gasteiger partial charge in [-0.15, -0.1) is 0 Å². The Hall–Kier alpha value is -0.570. The average Bonchev–Trinajstić information content (AvgIpc) is 2.87. The lowest BCUT2D eigenvalue weighted by molar-refractivity contribution is 0.132. The summed E-state index contributed by atoms with van der Waals surface area (Å²) in [5.74, 6) is 1.59. The van der Waals surface area contributed by atoms with E-state index >= 15 is 0 Å². The molecule has 1 aromatic carbocycles. The molecular weight excluding hydrogens is 244 g/mol. The summed E-state index contributed by atoms with van der Waals surface area (Å²) in [5.41, 5.74) is 1.52. The van der Waals surface area contributed by atoms with Crippen molar-refractivity contribution in [2.75, 3.05) is 19.6 Å². The Balaban J connectivity index is 1.80. The number of fused-ring (bicyclic) bond motifs is 1. The number of benzene rings is 1. The van der Waals surface area contributed by atoms with Gasteiger partial charge in [-0.05, 0) is 43.9 Å². The number of likely N-dealkylation sites (tertiary alicyclic amines) is 1. The molecule has 18 heavy (non-hydrogen) atoms. The molecule has 1 aromatic rings. The van der Waals surface area contributed by atoms with Crippen LogP contribution in [0.3, 0.4) is 0 Å². The van der Waals surface area contributed by atoms with Crippen LogP contribution in [0.2, 0.25) is 5.02 Å². The van der Waals surface area contributed by atoms with Gasteiger partial charge in [0.2, 0.25) is 0 Å². The van der Waals surface area contributed by atoms with Gasteiger partial charge >= 0.3 is 0 Å². The Morgan fingerprint density at radius 1 is 1.33 bits per heavy atom. The maximum atomic E-state index is 6.28. The summed E-state index contributed by atoms with van der Waals surface area (Å²) in [5, 5.41) is 4.42. The van der Waals surface area contributed by atoms with Crippen molar-refractivity contribution in [3.63, 3.8) is 0 Å². The molecule has 2 atom stereocenters. The third kappa shape index (κ3) is 1.97. The minimum atomic E-state index is 0.271. The Labute approximate surface area is 114 Å². The lowest BCUT2D eigenvalue weighted by atomic mass is 9.85. The number of halogens is 1. The van der Waals surface area contributed by atoms with Gasteiger partial charge in [-0.3, -0.25) is 4.90 Å². The van der Waals surface area contributed by atoms with Gasteiger partial charge in [-0.25, -0.2) is 0 Å². The molecule has 2 fully saturated rings. The number of rotatable bonds is 2. The lowest BCUT2D eigenvalue weighted by Gasteiger charge is -2.35. The third-order valence-electron chi connectivity index (χ3n) is 4.84. The fraction of sp³-hybridized carbons (Fsp3) is 0.600. The Morgan fingerprint density at radius 2 is 2.11 bits per heavy atom. The lowest BCUT2D eigenvalue weighted by Crippen LogP contribution is -2.43. The molecule has 0 saturated carbocycles. The van der Waals surface area contributed by atoms with Gasteiger partial charge in [0, 0.05) is 30.2 Å². The van der Waals surface area contributed by atoms with Gasteiger partial charge in [0.1, 0.15) is 0 Å². The average molecular weight is 265 g/mol. The monoisotopic (exact) mass is 264 g/mol. The molecule has 2 saturated heterocycles. The van der Waals surface area contributed by atoms with Gasteiger partial charge < -0.3 is 5.32 Å². The highest BCUT2D eigenvalue weighted by atomic mass is 35.5. The van der Waals surface area contributed by atoms with E-state index in [2.05, 4.69) is 36.2 Å². The van der Waals surface area contributed by atoms with Crippen molar-refractivity contribution >= 4 is 11.6 Å². The first-order chi connectivity index (χ1) is 8.59. The van der Waals surface area contributed by atoms with Crippen LogP contribution in [0.25, 0.3) is 0 Å². The van der Waals surface area contributed by atoms with Crippen LogP contribution in [0.4, 0.5) is 0 Å². The van der Waals surface area contributed by atoms with E-state index in [9.17, 15) is 0 Å². The maximum Gasteiger partial charge on any atom is 0.0451 e. The van der Waals surface area contributed by atoms with Gasteiger partial charge in [-0.2, -0.15) is 0 Å². The number of hydrogen-bond acceptors (Lipinski definition) is 2. The Morgan fingerprint density at radius 3 is 2.83 bits per heavy atom. The number of hydrogen-bond donors (Lipinski definition) is 1. The summed E-state index contributed by atoms with van der Waals surface area (Å²) in [7, 11) is 0. The van der Waals surface area contributed by atoms with Crippen molar-refractivity contribution in [2.45, 2.75) is 25.9 Å². The van der Waals surface area contributed by atoms with Crippen molar-refractivity contribution in [3.05, 3.63) is 34.9 Å². The molecule has 2 unspecified atom stereocenters. The van der Waals surface area contributed by atoms with Crippen LogP contribution >= 0.6 is 11.6 Å². The van der Waals surface area contributed by atoms with E-state index in [1.165, 1.54) is 18.7 Å². The van der Waals surface area contributed by atoms with Gasteiger partial charge in [0.25, 0.3) is 0 Å². The van der Waals surface area contributed by atoms with Crippen LogP contribution in [-0.2, 0) is 6.54 Å². The van der Waals surface area contributed by atoms with Gasteiger partial charge in [0.05, 0.1) is 0 Å². The van der Waals surface area contributed by atoms with Crippen LogP contribution in [0, 0.1) is 11.8 Å². The van der Waals surface area contributed by atoms with Crippen LogP contribution in [0.5, 0.6) is 0 Å². The zero-order valence-corrected chi connectivity index (χ0v) is 11.9. The van der Waals surface area contributed by atoms with E-state index in [1.807, 2.05) is 12.1 Å². The number of nitrogens with zero attached hydrogens (tertiary/aromatic N) is 1. The quantitative estimate of drug-likeness (QED) is 0.884. The molecule has 0 spiro atoms. The van der Waals surface area contributed by atoms with Crippen LogP contribution < -0.4 is 5.32 Å². The van der Waals surface area contributed by atoms with E-state index in [1.54, 1.807) is 0 Å². The van der Waals surface area contributed by atoms with Crippen molar-refractivity contribution in [3.8, 4) is 0 Å². The topological polar surface area (TPSA) is 15.3 Å². The first-order valence-electron chi connectivity index (χ1n) is 6.78. The molecule has 0 bridgehead atoms. The molecular formula is C15H21ClN2. The van der Waals surface area contributed by atoms with Crippen molar-refractivity contribution in [1.29, 1.82) is 0 Å². The molecule has 2 aliphatic heterocycles.